The number of halogens is 1. The molecule has 1 amide bonds. The maximum absolute atomic E-state index is 11.8. The van der Waals surface area contributed by atoms with E-state index in [0.29, 0.717) is 16.5 Å². The Bertz CT molecular complexity index is 349. The quantitative estimate of drug-likeness (QED) is 0.831. The van der Waals surface area contributed by atoms with Crippen molar-refractivity contribution in [3.05, 3.63) is 16.3 Å². The van der Waals surface area contributed by atoms with Gasteiger partial charge >= 0.3 is 0 Å². The summed E-state index contributed by atoms with van der Waals surface area (Å²) in [6.45, 7) is 3.75. The highest BCUT2D eigenvalue weighted by atomic mass is 35.5. The SMILES string of the molecule is COc1ccsc1C(=O)NC(C)(C)CCl. The molecule has 0 spiro atoms. The Morgan fingerprint density at radius 1 is 1.67 bits per heavy atom. The number of hydrogen-bond acceptors (Lipinski definition) is 3. The molecular weight excluding hydrogens is 234 g/mol. The first-order valence-electron chi connectivity index (χ1n) is 4.50. The number of carbonyl (C=O) groups excluding carboxylic acids is 1. The Kier molecular flexibility index (Phi) is 3.99. The Balaban J connectivity index is 2.78. The molecule has 0 unspecified atom stereocenters. The number of nitrogens with one attached hydrogen (secondary N) is 1. The van der Waals surface area contributed by atoms with Crippen molar-refractivity contribution >= 4 is 28.8 Å². The molecule has 1 aromatic rings. The standard InChI is InChI=1S/C10H14ClNO2S/c1-10(2,6-11)12-9(13)8-7(14-3)4-5-15-8/h4-5H,6H2,1-3H3,(H,12,13). The molecule has 1 heterocycles. The van der Waals surface area contributed by atoms with Crippen LogP contribution in [0.4, 0.5) is 0 Å². The zero-order valence-corrected chi connectivity index (χ0v) is 10.5. The third-order valence-corrected chi connectivity index (χ3v) is 3.40. The highest BCUT2D eigenvalue weighted by Gasteiger charge is 2.22. The van der Waals surface area contributed by atoms with Gasteiger partial charge in [-0.15, -0.1) is 22.9 Å². The third kappa shape index (κ3) is 3.11. The second-order valence-corrected chi connectivity index (χ2v) is 4.97. The number of rotatable bonds is 4. The van der Waals surface area contributed by atoms with Crippen LogP contribution in [0.15, 0.2) is 11.4 Å². The molecule has 84 valence electrons. The molecule has 0 saturated heterocycles. The largest absolute Gasteiger partial charge is 0.495 e. The number of ether oxygens (including phenoxy) is 1. The van der Waals surface area contributed by atoms with Crippen LogP contribution < -0.4 is 10.1 Å². The summed E-state index contributed by atoms with van der Waals surface area (Å²) in [6, 6.07) is 1.77. The van der Waals surface area contributed by atoms with Gasteiger partial charge in [0.2, 0.25) is 0 Å². The number of thiophene rings is 1. The fourth-order valence-corrected chi connectivity index (χ4v) is 1.84. The molecule has 0 saturated carbocycles. The zero-order valence-electron chi connectivity index (χ0n) is 8.96. The molecule has 3 nitrogen and oxygen atoms in total. The van der Waals surface area contributed by atoms with E-state index in [1.165, 1.54) is 11.3 Å². The van der Waals surface area contributed by atoms with E-state index in [2.05, 4.69) is 5.32 Å². The highest BCUT2D eigenvalue weighted by molar-refractivity contribution is 7.12. The summed E-state index contributed by atoms with van der Waals surface area (Å²) < 4.78 is 5.07. The van der Waals surface area contributed by atoms with Crippen LogP contribution in [0.25, 0.3) is 0 Å². The Labute approximate surface area is 98.4 Å². The number of alkyl halides is 1. The van der Waals surface area contributed by atoms with Crippen LogP contribution >= 0.6 is 22.9 Å². The summed E-state index contributed by atoms with van der Waals surface area (Å²) in [5, 5.41) is 4.66. The van der Waals surface area contributed by atoms with Gasteiger partial charge < -0.3 is 10.1 Å². The van der Waals surface area contributed by atoms with Gasteiger partial charge in [0.1, 0.15) is 10.6 Å². The molecule has 0 radical (unpaired) electrons. The van der Waals surface area contributed by atoms with Gasteiger partial charge in [-0.05, 0) is 25.3 Å². The topological polar surface area (TPSA) is 38.3 Å². The minimum Gasteiger partial charge on any atom is -0.495 e. The molecule has 0 aliphatic heterocycles. The van der Waals surface area contributed by atoms with Crippen molar-refractivity contribution in [1.29, 1.82) is 0 Å². The van der Waals surface area contributed by atoms with Crippen molar-refractivity contribution in [3.8, 4) is 5.75 Å². The van der Waals surface area contributed by atoms with E-state index in [9.17, 15) is 4.79 Å². The first kappa shape index (κ1) is 12.3. The summed E-state index contributed by atoms with van der Waals surface area (Å²) in [5.74, 6) is 0.822. The predicted molar refractivity (Wildman–Crippen MR) is 63.1 cm³/mol. The van der Waals surface area contributed by atoms with Crippen LogP contribution in [0.5, 0.6) is 5.75 Å². The molecule has 0 bridgehead atoms. The highest BCUT2D eigenvalue weighted by Crippen LogP contribution is 2.24. The number of amides is 1. The normalized spacial score (nSPS) is 11.2. The van der Waals surface area contributed by atoms with Crippen molar-refractivity contribution in [2.45, 2.75) is 19.4 Å². The Morgan fingerprint density at radius 2 is 2.33 bits per heavy atom. The van der Waals surface area contributed by atoms with Crippen LogP contribution in [-0.2, 0) is 0 Å². The molecule has 15 heavy (non-hydrogen) atoms. The summed E-state index contributed by atoms with van der Waals surface area (Å²) in [6.07, 6.45) is 0. The van der Waals surface area contributed by atoms with Crippen molar-refractivity contribution < 1.29 is 9.53 Å². The fourth-order valence-electron chi connectivity index (χ4n) is 1.02. The first-order valence-corrected chi connectivity index (χ1v) is 5.91. The van der Waals surface area contributed by atoms with Gasteiger partial charge in [-0.25, -0.2) is 0 Å². The monoisotopic (exact) mass is 247 g/mol. The van der Waals surface area contributed by atoms with Crippen LogP contribution in [0.2, 0.25) is 0 Å². The number of hydrogen-bond donors (Lipinski definition) is 1. The maximum Gasteiger partial charge on any atom is 0.265 e. The Morgan fingerprint density at radius 3 is 2.87 bits per heavy atom. The second-order valence-electron chi connectivity index (χ2n) is 3.79. The van der Waals surface area contributed by atoms with Crippen molar-refractivity contribution in [3.63, 3.8) is 0 Å². The summed E-state index contributed by atoms with van der Waals surface area (Å²) >= 11 is 7.08. The van der Waals surface area contributed by atoms with Gasteiger partial charge in [-0.1, -0.05) is 0 Å². The first-order chi connectivity index (χ1) is 7.00. The van der Waals surface area contributed by atoms with Crippen molar-refractivity contribution in [2.75, 3.05) is 13.0 Å². The van der Waals surface area contributed by atoms with Crippen LogP contribution in [-0.4, -0.2) is 24.4 Å². The second kappa shape index (κ2) is 4.86. The van der Waals surface area contributed by atoms with Gasteiger partial charge in [0.25, 0.3) is 5.91 Å². The zero-order chi connectivity index (χ0) is 11.5. The minimum atomic E-state index is -0.409. The lowest BCUT2D eigenvalue weighted by atomic mass is 10.1. The number of methoxy groups -OCH3 is 1. The van der Waals surface area contributed by atoms with Crippen LogP contribution in [0.1, 0.15) is 23.5 Å². The van der Waals surface area contributed by atoms with E-state index in [1.807, 2.05) is 19.2 Å². The van der Waals surface area contributed by atoms with Crippen LogP contribution in [0, 0.1) is 0 Å². The Hall–Kier alpha value is -0.740. The smallest absolute Gasteiger partial charge is 0.265 e. The molecule has 1 aromatic heterocycles. The van der Waals surface area contributed by atoms with Gasteiger partial charge in [0.05, 0.1) is 7.11 Å². The van der Waals surface area contributed by atoms with Gasteiger partial charge in [-0.2, -0.15) is 0 Å². The van der Waals surface area contributed by atoms with E-state index in [-0.39, 0.29) is 5.91 Å². The molecule has 1 rings (SSSR count). The minimum absolute atomic E-state index is 0.146. The van der Waals surface area contributed by atoms with E-state index >= 15 is 0 Å². The molecule has 5 heteroatoms. The molecule has 0 atom stereocenters. The van der Waals surface area contributed by atoms with Gasteiger partial charge in [0.15, 0.2) is 0 Å². The van der Waals surface area contributed by atoms with Crippen molar-refractivity contribution in [2.24, 2.45) is 0 Å². The van der Waals surface area contributed by atoms with Crippen LogP contribution in [0.3, 0.4) is 0 Å². The average Bonchev–Trinajstić information content (AvgIpc) is 2.64. The predicted octanol–water partition coefficient (Wildman–Crippen LogP) is 2.50. The molecule has 0 aromatic carbocycles. The molecular formula is C10H14ClNO2S. The van der Waals surface area contributed by atoms with E-state index in [1.54, 1.807) is 13.2 Å². The van der Waals surface area contributed by atoms with E-state index in [4.69, 9.17) is 16.3 Å². The fraction of sp³-hybridized carbons (Fsp3) is 0.500. The third-order valence-electron chi connectivity index (χ3n) is 1.84. The molecule has 1 N–H and O–H groups in total. The van der Waals surface area contributed by atoms with Crippen molar-refractivity contribution in [1.82, 2.24) is 5.32 Å². The summed E-state index contributed by atoms with van der Waals surface area (Å²) in [7, 11) is 1.55. The summed E-state index contributed by atoms with van der Waals surface area (Å²) in [5.41, 5.74) is -0.409. The lowest BCUT2D eigenvalue weighted by molar-refractivity contribution is 0.0922. The van der Waals surface area contributed by atoms with E-state index in [0.717, 1.165) is 0 Å². The lowest BCUT2D eigenvalue weighted by Gasteiger charge is -2.22. The lowest BCUT2D eigenvalue weighted by Crippen LogP contribution is -2.44. The molecule has 0 aliphatic carbocycles. The molecule has 0 fully saturated rings. The summed E-state index contributed by atoms with van der Waals surface area (Å²) in [4.78, 5) is 12.4. The average molecular weight is 248 g/mol. The van der Waals surface area contributed by atoms with Gasteiger partial charge in [0, 0.05) is 11.4 Å². The number of carbonyl (C=O) groups is 1. The molecule has 0 aliphatic rings. The van der Waals surface area contributed by atoms with E-state index < -0.39 is 5.54 Å². The van der Waals surface area contributed by atoms with Gasteiger partial charge in [-0.3, -0.25) is 4.79 Å². The maximum atomic E-state index is 11.8.